The summed E-state index contributed by atoms with van der Waals surface area (Å²) in [6, 6.07) is 1.59. The molecule has 86 valence electrons. The Bertz CT molecular complexity index is 589. The van der Waals surface area contributed by atoms with Crippen molar-refractivity contribution in [2.24, 2.45) is 0 Å². The van der Waals surface area contributed by atoms with Crippen molar-refractivity contribution in [3.05, 3.63) is 26.3 Å². The molecule has 0 aromatic carbocycles. The maximum absolute atomic E-state index is 12.0. The highest BCUT2D eigenvalue weighted by Gasteiger charge is 2.20. The van der Waals surface area contributed by atoms with Crippen LogP contribution >= 0.6 is 38.6 Å². The van der Waals surface area contributed by atoms with E-state index >= 15 is 0 Å². The molecule has 0 aliphatic rings. The Morgan fingerprint density at radius 1 is 1.50 bits per heavy atom. The van der Waals surface area contributed by atoms with Crippen LogP contribution in [0.5, 0.6) is 0 Å². The van der Waals surface area contributed by atoms with Gasteiger partial charge in [-0.1, -0.05) is 0 Å². The number of hydrogen-bond acceptors (Lipinski definition) is 5. The molecular weight excluding hydrogens is 332 g/mol. The van der Waals surface area contributed by atoms with E-state index in [1.165, 1.54) is 22.7 Å². The summed E-state index contributed by atoms with van der Waals surface area (Å²) in [5.74, 6) is 0. The quantitative estimate of drug-likeness (QED) is 0.935. The predicted octanol–water partition coefficient (Wildman–Crippen LogP) is 3.08. The van der Waals surface area contributed by atoms with Crippen LogP contribution < -0.4 is 4.72 Å². The number of hydrogen-bond donors (Lipinski definition) is 1. The minimum Gasteiger partial charge on any atom is -0.255 e. The molecule has 0 unspecified atom stereocenters. The topological polar surface area (TPSA) is 59.1 Å². The number of aromatic nitrogens is 1. The van der Waals surface area contributed by atoms with Gasteiger partial charge in [0, 0.05) is 16.5 Å². The molecule has 2 aromatic rings. The first-order valence-electron chi connectivity index (χ1n) is 4.17. The third-order valence-electron chi connectivity index (χ3n) is 1.79. The number of nitrogens with zero attached hydrogens (tertiary/aromatic N) is 1. The fourth-order valence-corrected chi connectivity index (χ4v) is 5.35. The molecule has 0 fully saturated rings. The Morgan fingerprint density at radius 3 is 2.75 bits per heavy atom. The Labute approximate surface area is 110 Å². The van der Waals surface area contributed by atoms with E-state index in [4.69, 9.17) is 0 Å². The zero-order chi connectivity index (χ0) is 11.8. The second kappa shape index (κ2) is 4.44. The number of aryl methyl sites for hydroxylation is 1. The molecule has 4 nitrogen and oxygen atoms in total. The van der Waals surface area contributed by atoms with Crippen molar-refractivity contribution in [2.75, 3.05) is 4.72 Å². The van der Waals surface area contributed by atoms with Crippen LogP contribution in [0.1, 0.15) is 4.88 Å². The standard InChI is InChI=1S/C8H7BrN2O2S3/c1-5-6(4-7(9)15-5)16(12,13)11-8-10-2-3-14-8/h2-4H,1H3,(H,10,11). The van der Waals surface area contributed by atoms with Crippen molar-refractivity contribution in [1.82, 2.24) is 4.98 Å². The van der Waals surface area contributed by atoms with Crippen molar-refractivity contribution in [1.29, 1.82) is 0 Å². The van der Waals surface area contributed by atoms with Crippen LogP contribution in [-0.2, 0) is 10.0 Å². The van der Waals surface area contributed by atoms with Gasteiger partial charge >= 0.3 is 0 Å². The smallest absolute Gasteiger partial charge is 0.255 e. The molecule has 0 saturated carbocycles. The van der Waals surface area contributed by atoms with Gasteiger partial charge in [0.2, 0.25) is 0 Å². The molecule has 8 heteroatoms. The Morgan fingerprint density at radius 2 is 2.25 bits per heavy atom. The molecule has 0 spiro atoms. The lowest BCUT2D eigenvalue weighted by atomic mass is 10.5. The van der Waals surface area contributed by atoms with E-state index in [0.29, 0.717) is 10.0 Å². The number of thiazole rings is 1. The first-order valence-corrected chi connectivity index (χ1v) is 8.14. The van der Waals surface area contributed by atoms with Crippen LogP contribution in [0.3, 0.4) is 0 Å². The fourth-order valence-electron chi connectivity index (χ4n) is 1.14. The first kappa shape index (κ1) is 12.0. The molecule has 0 bridgehead atoms. The average molecular weight is 339 g/mol. The van der Waals surface area contributed by atoms with Crippen molar-refractivity contribution >= 4 is 53.8 Å². The molecular formula is C8H7BrN2O2S3. The van der Waals surface area contributed by atoms with Gasteiger partial charge < -0.3 is 0 Å². The lowest BCUT2D eigenvalue weighted by Crippen LogP contribution is -2.12. The molecule has 0 saturated heterocycles. The predicted molar refractivity (Wildman–Crippen MR) is 69.7 cm³/mol. The molecule has 2 heterocycles. The lowest BCUT2D eigenvalue weighted by molar-refractivity contribution is 0.601. The third-order valence-corrected chi connectivity index (χ3v) is 5.75. The summed E-state index contributed by atoms with van der Waals surface area (Å²) in [5, 5.41) is 2.09. The van der Waals surface area contributed by atoms with Gasteiger partial charge in [-0.15, -0.1) is 22.7 Å². The van der Waals surface area contributed by atoms with Crippen LogP contribution in [0.25, 0.3) is 0 Å². The van der Waals surface area contributed by atoms with Gasteiger partial charge in [-0.3, -0.25) is 4.72 Å². The van der Waals surface area contributed by atoms with Gasteiger partial charge in [-0.25, -0.2) is 13.4 Å². The van der Waals surface area contributed by atoms with Gasteiger partial charge in [0.25, 0.3) is 10.0 Å². The zero-order valence-corrected chi connectivity index (χ0v) is 12.1. The van der Waals surface area contributed by atoms with Gasteiger partial charge in [-0.05, 0) is 28.9 Å². The van der Waals surface area contributed by atoms with Gasteiger partial charge in [0.15, 0.2) is 5.13 Å². The van der Waals surface area contributed by atoms with Crippen LogP contribution in [0.4, 0.5) is 5.13 Å². The van der Waals surface area contributed by atoms with Gasteiger partial charge in [0.05, 0.1) is 3.79 Å². The summed E-state index contributed by atoms with van der Waals surface area (Å²) in [5.41, 5.74) is 0. The van der Waals surface area contributed by atoms with E-state index in [2.05, 4.69) is 25.6 Å². The highest BCUT2D eigenvalue weighted by atomic mass is 79.9. The van der Waals surface area contributed by atoms with Gasteiger partial charge in [-0.2, -0.15) is 0 Å². The third kappa shape index (κ3) is 2.45. The minimum absolute atomic E-state index is 0.291. The number of sulfonamides is 1. The Hall–Kier alpha value is -0.440. The monoisotopic (exact) mass is 338 g/mol. The van der Waals surface area contributed by atoms with Crippen molar-refractivity contribution in [3.63, 3.8) is 0 Å². The average Bonchev–Trinajstić information content (AvgIpc) is 2.75. The highest BCUT2D eigenvalue weighted by molar-refractivity contribution is 9.11. The second-order valence-corrected chi connectivity index (χ2v) is 8.09. The van der Waals surface area contributed by atoms with E-state index in [1.54, 1.807) is 24.6 Å². The summed E-state index contributed by atoms with van der Waals surface area (Å²) in [6.07, 6.45) is 1.55. The van der Waals surface area contributed by atoms with Gasteiger partial charge in [0.1, 0.15) is 4.90 Å². The fraction of sp³-hybridized carbons (Fsp3) is 0.125. The maximum Gasteiger partial charge on any atom is 0.264 e. The van der Waals surface area contributed by atoms with Crippen molar-refractivity contribution in [3.8, 4) is 0 Å². The van der Waals surface area contributed by atoms with Crippen LogP contribution in [0, 0.1) is 6.92 Å². The number of thiophene rings is 1. The maximum atomic E-state index is 12.0. The number of halogens is 1. The zero-order valence-electron chi connectivity index (χ0n) is 8.10. The first-order chi connectivity index (χ1) is 7.49. The molecule has 2 aromatic heterocycles. The van der Waals surface area contributed by atoms with Crippen LogP contribution in [0.2, 0.25) is 0 Å². The normalized spacial score (nSPS) is 11.6. The van der Waals surface area contributed by atoms with Crippen molar-refractivity contribution < 1.29 is 8.42 Å². The second-order valence-electron chi connectivity index (χ2n) is 2.91. The summed E-state index contributed by atoms with van der Waals surface area (Å²) in [4.78, 5) is 4.92. The van der Waals surface area contributed by atoms with E-state index in [0.717, 1.165) is 8.66 Å². The molecule has 0 aliphatic heterocycles. The number of rotatable bonds is 3. The molecule has 2 rings (SSSR count). The van der Waals surface area contributed by atoms with E-state index in [9.17, 15) is 8.42 Å². The summed E-state index contributed by atoms with van der Waals surface area (Å²) in [7, 11) is -3.51. The molecule has 1 N–H and O–H groups in total. The van der Waals surface area contributed by atoms with E-state index < -0.39 is 10.0 Å². The Kier molecular flexibility index (Phi) is 3.34. The summed E-state index contributed by atoms with van der Waals surface area (Å²) in [6.45, 7) is 1.77. The molecule has 0 amide bonds. The minimum atomic E-state index is -3.51. The summed E-state index contributed by atoms with van der Waals surface area (Å²) >= 11 is 5.90. The Balaban J connectivity index is 2.36. The molecule has 0 aliphatic carbocycles. The highest BCUT2D eigenvalue weighted by Crippen LogP contribution is 2.30. The number of anilines is 1. The molecule has 16 heavy (non-hydrogen) atoms. The molecule has 0 radical (unpaired) electrons. The van der Waals surface area contributed by atoms with E-state index in [1.807, 2.05) is 0 Å². The lowest BCUT2D eigenvalue weighted by Gasteiger charge is -2.03. The van der Waals surface area contributed by atoms with Crippen LogP contribution in [0.15, 0.2) is 26.3 Å². The molecule has 0 atom stereocenters. The largest absolute Gasteiger partial charge is 0.264 e. The van der Waals surface area contributed by atoms with E-state index in [-0.39, 0.29) is 0 Å². The van der Waals surface area contributed by atoms with Crippen LogP contribution in [-0.4, -0.2) is 13.4 Å². The number of nitrogens with one attached hydrogen (secondary N) is 1. The summed E-state index contributed by atoms with van der Waals surface area (Å²) < 4.78 is 27.2. The SMILES string of the molecule is Cc1sc(Br)cc1S(=O)(=O)Nc1nccs1. The van der Waals surface area contributed by atoms with Crippen molar-refractivity contribution in [2.45, 2.75) is 11.8 Å².